The maximum Gasteiger partial charge on any atom is 0.226 e. The van der Waals surface area contributed by atoms with Gasteiger partial charge >= 0.3 is 0 Å². The molecule has 0 bridgehead atoms. The van der Waals surface area contributed by atoms with Gasteiger partial charge in [-0.25, -0.2) is 4.98 Å². The average Bonchev–Trinajstić information content (AvgIpc) is 3.51. The number of nitrogens with zero attached hydrogens (tertiary/aromatic N) is 3. The maximum atomic E-state index is 12.1. The van der Waals surface area contributed by atoms with E-state index in [2.05, 4.69) is 20.4 Å². The smallest absolute Gasteiger partial charge is 0.226 e. The van der Waals surface area contributed by atoms with E-state index in [-0.39, 0.29) is 5.91 Å². The number of hydrogen-bond donors (Lipinski definition) is 1. The van der Waals surface area contributed by atoms with Crippen LogP contribution in [0.4, 0.5) is 0 Å². The fourth-order valence-corrected chi connectivity index (χ4v) is 5.08. The fourth-order valence-electron chi connectivity index (χ4n) is 2.80. The number of amides is 1. The Labute approximate surface area is 180 Å². The zero-order chi connectivity index (χ0) is 19.9. The van der Waals surface area contributed by atoms with Gasteiger partial charge in [-0.15, -0.1) is 34.0 Å². The van der Waals surface area contributed by atoms with Crippen LogP contribution < -0.4 is 5.32 Å². The standard InChI is InChI=1S/C20H20N4O2S3/c25-17(12-14-13-29-20(22-14)16-7-5-11-28-16)21-9-3-1-2-8-18-23-19(24-26-18)15-6-4-10-27-15/h4-7,10-11,13H,1-3,8-9,12H2,(H,21,25). The Kier molecular flexibility index (Phi) is 6.81. The molecule has 0 atom stereocenters. The SMILES string of the molecule is O=C(Cc1csc(-c2cccs2)n1)NCCCCCc1nc(-c2cccs2)no1. The molecule has 4 rings (SSSR count). The van der Waals surface area contributed by atoms with Crippen molar-refractivity contribution in [1.29, 1.82) is 0 Å². The van der Waals surface area contributed by atoms with Gasteiger partial charge in [0, 0.05) is 18.3 Å². The summed E-state index contributed by atoms with van der Waals surface area (Å²) in [5, 5.41) is 14.0. The number of nitrogens with one attached hydrogen (secondary N) is 1. The topological polar surface area (TPSA) is 80.9 Å². The van der Waals surface area contributed by atoms with Crippen LogP contribution in [0.5, 0.6) is 0 Å². The molecule has 4 heterocycles. The van der Waals surface area contributed by atoms with Gasteiger partial charge in [0.1, 0.15) is 5.01 Å². The number of aromatic nitrogens is 3. The number of thiazole rings is 1. The van der Waals surface area contributed by atoms with Crippen LogP contribution in [0.15, 0.2) is 44.9 Å². The second-order valence-corrected chi connectivity index (χ2v) is 9.20. The first-order valence-corrected chi connectivity index (χ1v) is 12.0. The van der Waals surface area contributed by atoms with Crippen molar-refractivity contribution in [3.63, 3.8) is 0 Å². The molecule has 0 aliphatic rings. The summed E-state index contributed by atoms with van der Waals surface area (Å²) in [7, 11) is 0. The van der Waals surface area contributed by atoms with Crippen LogP contribution in [-0.2, 0) is 17.6 Å². The minimum Gasteiger partial charge on any atom is -0.356 e. The molecule has 4 aromatic heterocycles. The summed E-state index contributed by atoms with van der Waals surface area (Å²) >= 11 is 4.84. The van der Waals surface area contributed by atoms with Crippen LogP contribution in [-0.4, -0.2) is 27.6 Å². The van der Waals surface area contributed by atoms with Gasteiger partial charge in [0.05, 0.1) is 21.9 Å². The zero-order valence-corrected chi connectivity index (χ0v) is 18.1. The van der Waals surface area contributed by atoms with Gasteiger partial charge < -0.3 is 9.84 Å². The maximum absolute atomic E-state index is 12.1. The molecular formula is C20H20N4O2S3. The molecule has 0 saturated carbocycles. The van der Waals surface area contributed by atoms with Gasteiger partial charge in [-0.3, -0.25) is 4.79 Å². The third-order valence-electron chi connectivity index (χ3n) is 4.22. The van der Waals surface area contributed by atoms with E-state index < -0.39 is 0 Å². The highest BCUT2D eigenvalue weighted by atomic mass is 32.1. The lowest BCUT2D eigenvalue weighted by molar-refractivity contribution is -0.120. The predicted octanol–water partition coefficient (Wildman–Crippen LogP) is 5.05. The third kappa shape index (κ3) is 5.59. The largest absolute Gasteiger partial charge is 0.356 e. The second-order valence-electron chi connectivity index (χ2n) is 6.45. The van der Waals surface area contributed by atoms with Gasteiger partial charge in [0.2, 0.25) is 17.6 Å². The molecule has 0 fully saturated rings. The first kappa shape index (κ1) is 19.9. The van der Waals surface area contributed by atoms with E-state index in [1.54, 1.807) is 34.0 Å². The monoisotopic (exact) mass is 444 g/mol. The molecule has 4 aromatic rings. The zero-order valence-electron chi connectivity index (χ0n) is 15.7. The molecule has 0 aliphatic heterocycles. The molecule has 0 aromatic carbocycles. The molecule has 0 radical (unpaired) electrons. The summed E-state index contributed by atoms with van der Waals surface area (Å²) in [5.74, 6) is 1.35. The predicted molar refractivity (Wildman–Crippen MR) is 117 cm³/mol. The van der Waals surface area contributed by atoms with Crippen molar-refractivity contribution in [2.24, 2.45) is 0 Å². The molecule has 0 spiro atoms. The van der Waals surface area contributed by atoms with E-state index in [0.717, 1.165) is 46.1 Å². The van der Waals surface area contributed by atoms with Crippen molar-refractivity contribution in [2.75, 3.05) is 6.54 Å². The van der Waals surface area contributed by atoms with E-state index in [4.69, 9.17) is 4.52 Å². The molecule has 1 N–H and O–H groups in total. The molecule has 0 unspecified atom stereocenters. The minimum absolute atomic E-state index is 0.0190. The summed E-state index contributed by atoms with van der Waals surface area (Å²) < 4.78 is 5.30. The summed E-state index contributed by atoms with van der Waals surface area (Å²) in [6.45, 7) is 0.672. The lowest BCUT2D eigenvalue weighted by Gasteiger charge is -2.03. The first-order valence-electron chi connectivity index (χ1n) is 9.39. The Morgan fingerprint density at radius 1 is 1.00 bits per heavy atom. The normalized spacial score (nSPS) is 11.0. The van der Waals surface area contributed by atoms with E-state index in [9.17, 15) is 4.79 Å². The highest BCUT2D eigenvalue weighted by Crippen LogP contribution is 2.27. The van der Waals surface area contributed by atoms with Crippen molar-refractivity contribution >= 4 is 39.9 Å². The molecule has 1 amide bonds. The second kappa shape index (κ2) is 9.91. The van der Waals surface area contributed by atoms with E-state index >= 15 is 0 Å². The highest BCUT2D eigenvalue weighted by molar-refractivity contribution is 7.20. The highest BCUT2D eigenvalue weighted by Gasteiger charge is 2.10. The molecule has 9 heteroatoms. The van der Waals surface area contributed by atoms with E-state index in [0.29, 0.717) is 24.7 Å². The average molecular weight is 445 g/mol. The van der Waals surface area contributed by atoms with Crippen molar-refractivity contribution in [2.45, 2.75) is 32.1 Å². The molecule has 6 nitrogen and oxygen atoms in total. The number of carbonyl (C=O) groups is 1. The third-order valence-corrected chi connectivity index (χ3v) is 7.02. The number of thiophene rings is 2. The van der Waals surface area contributed by atoms with Crippen molar-refractivity contribution < 1.29 is 9.32 Å². The van der Waals surface area contributed by atoms with Gasteiger partial charge in [-0.1, -0.05) is 23.7 Å². The van der Waals surface area contributed by atoms with Crippen LogP contribution in [0, 0.1) is 0 Å². The number of hydrogen-bond acceptors (Lipinski definition) is 8. The minimum atomic E-state index is 0.0190. The number of carbonyl (C=O) groups excluding carboxylic acids is 1. The lowest BCUT2D eigenvalue weighted by Crippen LogP contribution is -2.26. The summed E-state index contributed by atoms with van der Waals surface area (Å²) in [5.41, 5.74) is 0.828. The summed E-state index contributed by atoms with van der Waals surface area (Å²) in [6, 6.07) is 8.01. The number of aryl methyl sites for hydroxylation is 1. The lowest BCUT2D eigenvalue weighted by atomic mass is 10.2. The fraction of sp³-hybridized carbons (Fsp3) is 0.300. The quantitative estimate of drug-likeness (QED) is 0.346. The van der Waals surface area contributed by atoms with Crippen LogP contribution >= 0.6 is 34.0 Å². The van der Waals surface area contributed by atoms with Crippen molar-refractivity contribution in [1.82, 2.24) is 20.4 Å². The van der Waals surface area contributed by atoms with Gasteiger partial charge in [0.15, 0.2) is 0 Å². The molecular weight excluding hydrogens is 424 g/mol. The van der Waals surface area contributed by atoms with E-state index in [1.807, 2.05) is 40.4 Å². The van der Waals surface area contributed by atoms with Crippen LogP contribution in [0.2, 0.25) is 0 Å². The van der Waals surface area contributed by atoms with Gasteiger partial charge in [0.25, 0.3) is 0 Å². The van der Waals surface area contributed by atoms with Crippen molar-refractivity contribution in [3.8, 4) is 20.6 Å². The Hall–Kier alpha value is -2.36. The molecule has 0 saturated heterocycles. The van der Waals surface area contributed by atoms with Gasteiger partial charge in [-0.05, 0) is 35.7 Å². The Morgan fingerprint density at radius 3 is 2.62 bits per heavy atom. The Bertz CT molecular complexity index is 1020. The number of rotatable bonds is 10. The summed E-state index contributed by atoms with van der Waals surface area (Å²) in [4.78, 5) is 23.2. The summed E-state index contributed by atoms with van der Waals surface area (Å²) in [6.07, 6.45) is 3.97. The van der Waals surface area contributed by atoms with Crippen LogP contribution in [0.1, 0.15) is 30.8 Å². The van der Waals surface area contributed by atoms with Gasteiger partial charge in [-0.2, -0.15) is 4.98 Å². The molecule has 150 valence electrons. The first-order chi connectivity index (χ1) is 14.3. The van der Waals surface area contributed by atoms with Crippen LogP contribution in [0.25, 0.3) is 20.6 Å². The number of unbranched alkanes of at least 4 members (excludes halogenated alkanes) is 2. The molecule has 29 heavy (non-hydrogen) atoms. The van der Waals surface area contributed by atoms with Crippen molar-refractivity contribution in [3.05, 3.63) is 52.0 Å². The molecule has 0 aliphatic carbocycles. The Morgan fingerprint density at radius 2 is 1.83 bits per heavy atom. The van der Waals surface area contributed by atoms with E-state index in [1.165, 1.54) is 0 Å². The van der Waals surface area contributed by atoms with Crippen LogP contribution in [0.3, 0.4) is 0 Å². The Balaban J connectivity index is 1.11.